The number of thioether (sulfide) groups is 1. The first kappa shape index (κ1) is 25.1. The molecule has 0 aliphatic carbocycles. The van der Waals surface area contributed by atoms with Crippen molar-refractivity contribution < 1.29 is 14.3 Å². The van der Waals surface area contributed by atoms with Crippen LogP contribution >= 0.6 is 11.8 Å². The van der Waals surface area contributed by atoms with Crippen molar-refractivity contribution >= 4 is 35.0 Å². The third kappa shape index (κ3) is 6.77. The smallest absolute Gasteiger partial charge is 0.262 e. The SMILES string of the molecule is Cc1cccc(C)c1NC(=O)C(Sc1cccc(NC(=O)COc2ccccc2)c1)c1ccccc1. The van der Waals surface area contributed by atoms with Crippen LogP contribution in [0.15, 0.2) is 108 Å². The maximum absolute atomic E-state index is 13.5. The molecule has 0 spiro atoms. The average Bonchev–Trinajstić information content (AvgIpc) is 2.89. The number of aryl methyl sites for hydroxylation is 2. The van der Waals surface area contributed by atoms with Crippen LogP contribution in [0.3, 0.4) is 0 Å². The number of ether oxygens (including phenoxy) is 1. The van der Waals surface area contributed by atoms with Crippen LogP contribution in [0.2, 0.25) is 0 Å². The van der Waals surface area contributed by atoms with Gasteiger partial charge in [0.05, 0.1) is 0 Å². The molecule has 4 aromatic carbocycles. The van der Waals surface area contributed by atoms with Gasteiger partial charge in [0.1, 0.15) is 11.0 Å². The molecular weight excluding hydrogens is 468 g/mol. The van der Waals surface area contributed by atoms with E-state index in [1.165, 1.54) is 11.8 Å². The molecule has 1 unspecified atom stereocenters. The van der Waals surface area contributed by atoms with Gasteiger partial charge in [0.15, 0.2) is 6.61 Å². The van der Waals surface area contributed by atoms with Gasteiger partial charge in [-0.05, 0) is 60.9 Å². The summed E-state index contributed by atoms with van der Waals surface area (Å²) in [5.41, 5.74) is 4.41. The van der Waals surface area contributed by atoms with E-state index in [0.29, 0.717) is 11.4 Å². The van der Waals surface area contributed by atoms with Gasteiger partial charge in [-0.1, -0.05) is 72.8 Å². The number of rotatable bonds is 9. The fourth-order valence-electron chi connectivity index (χ4n) is 3.75. The second kappa shape index (κ2) is 12.1. The highest BCUT2D eigenvalue weighted by Gasteiger charge is 2.23. The van der Waals surface area contributed by atoms with Crippen molar-refractivity contribution in [2.24, 2.45) is 0 Å². The highest BCUT2D eigenvalue weighted by atomic mass is 32.2. The molecule has 4 aromatic rings. The van der Waals surface area contributed by atoms with E-state index in [2.05, 4.69) is 10.6 Å². The maximum Gasteiger partial charge on any atom is 0.262 e. The molecule has 0 fully saturated rings. The number of hydrogen-bond donors (Lipinski definition) is 2. The first-order valence-electron chi connectivity index (χ1n) is 11.7. The molecule has 6 heteroatoms. The molecule has 0 aliphatic rings. The molecule has 1 atom stereocenters. The molecule has 0 heterocycles. The predicted molar refractivity (Wildman–Crippen MR) is 147 cm³/mol. The Kier molecular flexibility index (Phi) is 8.42. The quantitative estimate of drug-likeness (QED) is 0.250. The van der Waals surface area contributed by atoms with Crippen LogP contribution in [0.1, 0.15) is 21.9 Å². The van der Waals surface area contributed by atoms with E-state index in [1.807, 2.05) is 105 Å². The topological polar surface area (TPSA) is 67.4 Å². The van der Waals surface area contributed by atoms with Gasteiger partial charge in [0.25, 0.3) is 5.91 Å². The number of anilines is 2. The standard InChI is InChI=1S/C30H28N2O3S/c1-21-11-9-12-22(2)28(21)32-30(34)29(23-13-5-3-6-14-23)36-26-18-10-15-24(19-26)31-27(33)20-35-25-16-7-4-8-17-25/h3-19,29H,20H2,1-2H3,(H,31,33)(H,32,34). The van der Waals surface area contributed by atoms with E-state index in [1.54, 1.807) is 12.1 Å². The zero-order valence-corrected chi connectivity index (χ0v) is 21.0. The molecule has 0 radical (unpaired) electrons. The van der Waals surface area contributed by atoms with Gasteiger partial charge < -0.3 is 15.4 Å². The Labute approximate surface area is 215 Å². The Morgan fingerprint density at radius 3 is 2.11 bits per heavy atom. The van der Waals surface area contributed by atoms with Crippen LogP contribution in [0, 0.1) is 13.8 Å². The molecule has 5 nitrogen and oxygen atoms in total. The number of hydrogen-bond acceptors (Lipinski definition) is 4. The monoisotopic (exact) mass is 496 g/mol. The lowest BCUT2D eigenvalue weighted by atomic mass is 10.1. The van der Waals surface area contributed by atoms with Gasteiger partial charge in [-0.25, -0.2) is 0 Å². The lowest BCUT2D eigenvalue weighted by Gasteiger charge is -2.19. The molecule has 0 saturated carbocycles. The highest BCUT2D eigenvalue weighted by Crippen LogP contribution is 2.37. The minimum absolute atomic E-state index is 0.0911. The Hall–Kier alpha value is -4.03. The summed E-state index contributed by atoms with van der Waals surface area (Å²) in [5.74, 6) is 0.278. The molecule has 36 heavy (non-hydrogen) atoms. The molecule has 4 rings (SSSR count). The van der Waals surface area contributed by atoms with Crippen LogP contribution in [-0.2, 0) is 9.59 Å². The third-order valence-corrected chi connectivity index (χ3v) is 6.80. The van der Waals surface area contributed by atoms with Gasteiger partial charge >= 0.3 is 0 Å². The summed E-state index contributed by atoms with van der Waals surface area (Å²) in [6.45, 7) is 3.88. The number of carbonyl (C=O) groups excluding carboxylic acids is 2. The van der Waals surface area contributed by atoms with E-state index in [4.69, 9.17) is 4.74 Å². The first-order valence-corrected chi connectivity index (χ1v) is 12.5. The highest BCUT2D eigenvalue weighted by molar-refractivity contribution is 8.00. The Balaban J connectivity index is 1.48. The van der Waals surface area contributed by atoms with Gasteiger partial charge in [0.2, 0.25) is 5.91 Å². The van der Waals surface area contributed by atoms with Gasteiger partial charge in [-0.2, -0.15) is 0 Å². The Bertz CT molecular complexity index is 1310. The second-order valence-corrected chi connectivity index (χ2v) is 9.52. The van der Waals surface area contributed by atoms with Crippen LogP contribution < -0.4 is 15.4 Å². The van der Waals surface area contributed by atoms with Crippen LogP contribution in [0.25, 0.3) is 0 Å². The molecule has 0 aromatic heterocycles. The Morgan fingerprint density at radius 2 is 1.42 bits per heavy atom. The summed E-state index contributed by atoms with van der Waals surface area (Å²) < 4.78 is 5.53. The van der Waals surface area contributed by atoms with Crippen molar-refractivity contribution in [3.05, 3.63) is 120 Å². The van der Waals surface area contributed by atoms with E-state index >= 15 is 0 Å². The normalized spacial score (nSPS) is 11.4. The summed E-state index contributed by atoms with van der Waals surface area (Å²) in [6.07, 6.45) is 0. The van der Waals surface area contributed by atoms with E-state index < -0.39 is 5.25 Å². The van der Waals surface area contributed by atoms with Crippen LogP contribution in [0.5, 0.6) is 5.75 Å². The number of amides is 2. The van der Waals surface area contributed by atoms with E-state index in [0.717, 1.165) is 27.3 Å². The summed E-state index contributed by atoms with van der Waals surface area (Å²) in [5, 5.41) is 5.53. The zero-order chi connectivity index (χ0) is 25.3. The van der Waals surface area contributed by atoms with E-state index in [9.17, 15) is 9.59 Å². The van der Waals surface area contributed by atoms with Crippen molar-refractivity contribution in [2.45, 2.75) is 24.0 Å². The minimum atomic E-state index is -0.474. The molecule has 0 bridgehead atoms. The largest absolute Gasteiger partial charge is 0.484 e. The van der Waals surface area contributed by atoms with Crippen molar-refractivity contribution in [1.82, 2.24) is 0 Å². The summed E-state index contributed by atoms with van der Waals surface area (Å²) in [4.78, 5) is 26.8. The minimum Gasteiger partial charge on any atom is -0.484 e. The van der Waals surface area contributed by atoms with Gasteiger partial charge in [0, 0.05) is 16.3 Å². The lowest BCUT2D eigenvalue weighted by Crippen LogP contribution is -2.20. The molecule has 0 aliphatic heterocycles. The van der Waals surface area contributed by atoms with Gasteiger partial charge in [-0.3, -0.25) is 9.59 Å². The van der Waals surface area contributed by atoms with Crippen LogP contribution in [-0.4, -0.2) is 18.4 Å². The summed E-state index contributed by atoms with van der Waals surface area (Å²) in [7, 11) is 0. The Morgan fingerprint density at radius 1 is 0.778 bits per heavy atom. The third-order valence-electron chi connectivity index (χ3n) is 5.55. The number of para-hydroxylation sites is 2. The van der Waals surface area contributed by atoms with E-state index in [-0.39, 0.29) is 18.4 Å². The van der Waals surface area contributed by atoms with Gasteiger partial charge in [-0.15, -0.1) is 11.8 Å². The predicted octanol–water partition coefficient (Wildman–Crippen LogP) is 6.79. The molecule has 0 saturated heterocycles. The fraction of sp³-hybridized carbons (Fsp3) is 0.133. The number of nitrogens with one attached hydrogen (secondary N) is 2. The van der Waals surface area contributed by atoms with Crippen LogP contribution in [0.4, 0.5) is 11.4 Å². The second-order valence-electron chi connectivity index (χ2n) is 8.34. The molecule has 2 N–H and O–H groups in total. The summed E-state index contributed by atoms with van der Waals surface area (Å²) >= 11 is 1.44. The van der Waals surface area contributed by atoms with Crippen molar-refractivity contribution in [3.63, 3.8) is 0 Å². The van der Waals surface area contributed by atoms with Crippen molar-refractivity contribution in [3.8, 4) is 5.75 Å². The molecular formula is C30H28N2O3S. The number of carbonyl (C=O) groups is 2. The first-order chi connectivity index (χ1) is 17.5. The fourth-order valence-corrected chi connectivity index (χ4v) is 4.83. The molecule has 2 amide bonds. The maximum atomic E-state index is 13.5. The lowest BCUT2D eigenvalue weighted by molar-refractivity contribution is -0.118. The zero-order valence-electron chi connectivity index (χ0n) is 20.2. The van der Waals surface area contributed by atoms with Crippen molar-refractivity contribution in [1.29, 1.82) is 0 Å². The summed E-state index contributed by atoms with van der Waals surface area (Å²) in [6, 6.07) is 32.3. The molecule has 182 valence electrons. The van der Waals surface area contributed by atoms with Crippen molar-refractivity contribution in [2.75, 3.05) is 17.2 Å². The average molecular weight is 497 g/mol. The number of benzene rings is 4.